The Hall–Kier alpha value is -6.01. The zero-order valence-electron chi connectivity index (χ0n) is 50.2. The van der Waals surface area contributed by atoms with Crippen LogP contribution in [0.4, 0.5) is 11.6 Å². The molecule has 1 saturated carbocycles. The molecule has 0 unspecified atom stereocenters. The number of fused-ring (bicyclic) bond motifs is 2. The fraction of sp³-hybridized carbons (Fsp3) is 0.621. The lowest BCUT2D eigenvalue weighted by Gasteiger charge is -2.36. The lowest BCUT2D eigenvalue weighted by atomic mass is 9.89. The molecule has 7 aliphatic rings. The average Bonchev–Trinajstić information content (AvgIpc) is 4.40. The molecular formula is C66H95N15O2. The third-order valence-corrected chi connectivity index (χ3v) is 19.5. The van der Waals surface area contributed by atoms with Crippen LogP contribution in [0.1, 0.15) is 155 Å². The topological polar surface area (TPSA) is 152 Å². The molecular weight excluding hydrogens is 1030 g/mol. The minimum Gasteiger partial charge on any atom is -0.357 e. The summed E-state index contributed by atoms with van der Waals surface area (Å²) in [4.78, 5) is 59.7. The van der Waals surface area contributed by atoms with Gasteiger partial charge < -0.3 is 44.6 Å². The van der Waals surface area contributed by atoms with E-state index in [-0.39, 0.29) is 23.9 Å². The molecule has 1 spiro atoms. The second-order valence-corrected chi connectivity index (χ2v) is 25.2. The number of hydrogen-bond donors (Lipinski definition) is 2. The van der Waals surface area contributed by atoms with Crippen LogP contribution in [0.15, 0.2) is 85.5 Å². The van der Waals surface area contributed by atoms with E-state index in [1.54, 1.807) is 17.2 Å². The van der Waals surface area contributed by atoms with Crippen molar-refractivity contribution in [1.29, 1.82) is 0 Å². The summed E-state index contributed by atoms with van der Waals surface area (Å²) >= 11 is 0. The first-order valence-corrected chi connectivity index (χ1v) is 32.4. The summed E-state index contributed by atoms with van der Waals surface area (Å²) in [5.41, 5.74) is 5.69. The lowest BCUT2D eigenvalue weighted by molar-refractivity contribution is 0.0890. The van der Waals surface area contributed by atoms with Crippen molar-refractivity contribution in [1.82, 2.24) is 64.5 Å². The highest BCUT2D eigenvalue weighted by Crippen LogP contribution is 2.53. The Balaban J connectivity index is 0.000000156. The summed E-state index contributed by atoms with van der Waals surface area (Å²) in [6.45, 7) is 21.1. The largest absolute Gasteiger partial charge is 0.357 e. The summed E-state index contributed by atoms with van der Waals surface area (Å²) in [5, 5.41) is 12.0. The number of carbonyl (C=O) groups excluding carboxylic acids is 2. The zero-order valence-corrected chi connectivity index (χ0v) is 50.2. The number of benzene rings is 1. The van der Waals surface area contributed by atoms with Crippen LogP contribution in [0.3, 0.4) is 0 Å². The van der Waals surface area contributed by atoms with Gasteiger partial charge >= 0.3 is 0 Å². The van der Waals surface area contributed by atoms with E-state index in [1.807, 2.05) is 42.1 Å². The molecule has 0 bridgehead atoms. The van der Waals surface area contributed by atoms with E-state index in [9.17, 15) is 9.59 Å². The minimum atomic E-state index is -0.0744. The molecule has 17 heteroatoms. The van der Waals surface area contributed by atoms with Crippen molar-refractivity contribution < 1.29 is 9.59 Å². The highest BCUT2D eigenvalue weighted by molar-refractivity contribution is 6.04. The van der Waals surface area contributed by atoms with Gasteiger partial charge in [-0.05, 0) is 176 Å². The van der Waals surface area contributed by atoms with Crippen LogP contribution >= 0.6 is 0 Å². The van der Waals surface area contributed by atoms with Gasteiger partial charge in [-0.2, -0.15) is 5.10 Å². The van der Waals surface area contributed by atoms with Crippen molar-refractivity contribution in [2.45, 2.75) is 147 Å². The van der Waals surface area contributed by atoms with Gasteiger partial charge in [0.25, 0.3) is 11.8 Å². The number of hydrogen-bond acceptors (Lipinski definition) is 13. The Kier molecular flexibility index (Phi) is 20.3. The van der Waals surface area contributed by atoms with E-state index in [2.05, 4.69) is 104 Å². The van der Waals surface area contributed by atoms with Crippen LogP contribution in [0, 0.1) is 5.41 Å². The SMILES string of the molecule is CCn1ccnc1.Cn1nc(C(=O)NC2CCN(CCN3CCC(c4ccccc4)CC3)CC2)c2ccc(N3CCCCCC3)nc21.O=C(NC1CCN(CCN2CCC3(CC2)CC3)CC1)c1ccc2nc(N3CCCCCC3)ccc2n1. The maximum atomic E-state index is 13.3. The average molecular weight is 1130 g/mol. The normalized spacial score (nSPS) is 20.9. The molecule has 1 aromatic carbocycles. The molecule has 0 atom stereocenters. The fourth-order valence-electron chi connectivity index (χ4n) is 13.7. The number of nitrogens with zero attached hydrogens (tertiary/aromatic N) is 13. The number of carbonyl (C=O) groups is 2. The van der Waals surface area contributed by atoms with Crippen LogP contribution in [0.2, 0.25) is 0 Å². The summed E-state index contributed by atoms with van der Waals surface area (Å²) in [6.07, 6.45) is 27.9. The molecule has 13 rings (SSSR count). The van der Waals surface area contributed by atoms with E-state index in [1.165, 1.54) is 128 Å². The van der Waals surface area contributed by atoms with Gasteiger partial charge in [0.15, 0.2) is 11.3 Å². The van der Waals surface area contributed by atoms with E-state index < -0.39 is 0 Å². The van der Waals surface area contributed by atoms with Crippen molar-refractivity contribution in [3.05, 3.63) is 102 Å². The van der Waals surface area contributed by atoms with Gasteiger partial charge in [0.05, 0.1) is 22.7 Å². The lowest BCUT2D eigenvalue weighted by Crippen LogP contribution is -2.47. The second-order valence-electron chi connectivity index (χ2n) is 25.2. The molecule has 6 saturated heterocycles. The van der Waals surface area contributed by atoms with Crippen molar-refractivity contribution in [2.24, 2.45) is 12.5 Å². The van der Waals surface area contributed by atoms with Crippen molar-refractivity contribution in [3.8, 4) is 0 Å². The van der Waals surface area contributed by atoms with E-state index >= 15 is 0 Å². The van der Waals surface area contributed by atoms with Crippen LogP contribution in [0.25, 0.3) is 22.1 Å². The van der Waals surface area contributed by atoms with Crippen molar-refractivity contribution in [2.75, 3.05) is 115 Å². The number of likely N-dealkylation sites (tertiary alicyclic amines) is 4. The smallest absolute Gasteiger partial charge is 0.272 e. The van der Waals surface area contributed by atoms with Gasteiger partial charge in [0, 0.05) is 117 Å². The molecule has 2 N–H and O–H groups in total. The Bertz CT molecular complexity index is 2950. The third kappa shape index (κ3) is 16.1. The first-order valence-electron chi connectivity index (χ1n) is 32.4. The number of piperidine rings is 4. The van der Waals surface area contributed by atoms with Crippen molar-refractivity contribution >= 4 is 45.5 Å². The molecule has 6 aromatic rings. The van der Waals surface area contributed by atoms with Crippen molar-refractivity contribution in [3.63, 3.8) is 0 Å². The molecule has 446 valence electrons. The number of amides is 2. The highest BCUT2D eigenvalue weighted by atomic mass is 16.2. The van der Waals surface area contributed by atoms with Crippen LogP contribution < -0.4 is 20.4 Å². The minimum absolute atomic E-state index is 0.0609. The predicted molar refractivity (Wildman–Crippen MR) is 333 cm³/mol. The van der Waals surface area contributed by atoms with Gasteiger partial charge in [-0.15, -0.1) is 0 Å². The summed E-state index contributed by atoms with van der Waals surface area (Å²) < 4.78 is 3.77. The number of nitrogens with one attached hydrogen (secondary N) is 2. The number of rotatable bonds is 14. The third-order valence-electron chi connectivity index (χ3n) is 19.5. The van der Waals surface area contributed by atoms with Gasteiger partial charge in [-0.3, -0.25) is 9.59 Å². The Morgan fingerprint density at radius 2 is 1.06 bits per heavy atom. The highest BCUT2D eigenvalue weighted by Gasteiger charge is 2.44. The van der Waals surface area contributed by atoms with Crippen LogP contribution in [0.5, 0.6) is 0 Å². The number of aryl methyl sites for hydroxylation is 2. The molecule has 17 nitrogen and oxygen atoms in total. The molecule has 11 heterocycles. The maximum Gasteiger partial charge on any atom is 0.272 e. The summed E-state index contributed by atoms with van der Waals surface area (Å²) in [5.74, 6) is 2.61. The zero-order chi connectivity index (χ0) is 56.8. The van der Waals surface area contributed by atoms with Gasteiger partial charge in [0.1, 0.15) is 17.3 Å². The van der Waals surface area contributed by atoms with Crippen LogP contribution in [-0.2, 0) is 13.6 Å². The second kappa shape index (κ2) is 28.7. The molecule has 5 aromatic heterocycles. The Morgan fingerprint density at radius 3 is 1.60 bits per heavy atom. The fourth-order valence-corrected chi connectivity index (χ4v) is 13.7. The molecule has 2 amide bonds. The Morgan fingerprint density at radius 1 is 0.542 bits per heavy atom. The molecule has 7 fully saturated rings. The summed E-state index contributed by atoms with van der Waals surface area (Å²) in [7, 11) is 1.89. The first kappa shape index (κ1) is 58.8. The van der Waals surface area contributed by atoms with E-state index in [4.69, 9.17) is 9.97 Å². The van der Waals surface area contributed by atoms with E-state index in [0.717, 1.165) is 143 Å². The molecule has 0 radical (unpaired) electrons. The standard InChI is InChI=1S/C32H45N7O.C29H42N6O.C5H8N2/c1-36-31-28(11-12-29(34-31)39-17-7-2-3-8-18-39)30(35-36)32(40)33-27-15-21-38(22-16-27)24-23-37-19-13-26(14-20-37)25-9-5-4-6-10-25;36-28(26-6-5-25-24(31-26)7-8-27(32-25)35-15-3-1-2-4-16-35)30-23-9-17-33(18-10-23)21-22-34-19-13-29(11-12-29)14-20-34;1-2-7-4-3-6-5-7/h4-6,9-12,26-27H,2-3,7-8,13-24H2,1H3,(H,33,40);5-8,23H,1-4,9-22H2,(H,30,36);3-5H,2H2,1H3. The maximum absolute atomic E-state index is 13.3. The number of anilines is 2. The van der Waals surface area contributed by atoms with Gasteiger partial charge in [0.2, 0.25) is 0 Å². The van der Waals surface area contributed by atoms with Gasteiger partial charge in [-0.1, -0.05) is 56.0 Å². The Labute approximate surface area is 494 Å². The number of pyridine rings is 3. The van der Waals surface area contributed by atoms with E-state index in [0.29, 0.717) is 17.3 Å². The molecule has 83 heavy (non-hydrogen) atoms. The van der Waals surface area contributed by atoms with Crippen LogP contribution in [-0.4, -0.2) is 182 Å². The number of aromatic nitrogens is 7. The molecule has 6 aliphatic heterocycles. The number of imidazole rings is 1. The monoisotopic (exact) mass is 1130 g/mol. The predicted octanol–water partition coefficient (Wildman–Crippen LogP) is 9.41. The molecule has 1 aliphatic carbocycles. The quantitative estimate of drug-likeness (QED) is 0.107. The first-order chi connectivity index (χ1) is 40.7. The van der Waals surface area contributed by atoms with Gasteiger partial charge in [-0.25, -0.2) is 24.6 Å². The summed E-state index contributed by atoms with van der Waals surface area (Å²) in [6, 6.07) is 23.4.